The van der Waals surface area contributed by atoms with Crippen LogP contribution < -0.4 is 5.32 Å². The van der Waals surface area contributed by atoms with E-state index in [0.717, 1.165) is 0 Å². The summed E-state index contributed by atoms with van der Waals surface area (Å²) in [5.74, 6) is -1.08. The fourth-order valence-electron chi connectivity index (χ4n) is 1.70. The van der Waals surface area contributed by atoms with Gasteiger partial charge in [0.05, 0.1) is 6.10 Å². The average Bonchev–Trinajstić information content (AvgIpc) is 2.28. The zero-order chi connectivity index (χ0) is 12.8. The zero-order valence-corrected chi connectivity index (χ0v) is 10.2. The lowest BCUT2D eigenvalue weighted by molar-refractivity contribution is 0.158. The number of hydrogen-bond donors (Lipinski definition) is 2. The summed E-state index contributed by atoms with van der Waals surface area (Å²) in [7, 11) is 0. The normalized spacial score (nSPS) is 14.6. The molecule has 0 spiro atoms. The standard InChI is InChI=1S/C13H19F2NO/c1-3-10(17)7-8-16-9(2)13-11(14)5-4-6-12(13)15/h4-6,9-10,16-17H,3,7-8H2,1-2H3. The lowest BCUT2D eigenvalue weighted by Crippen LogP contribution is -2.24. The number of halogens is 2. The Labute approximate surface area is 101 Å². The summed E-state index contributed by atoms with van der Waals surface area (Å²) in [6, 6.07) is 3.44. The summed E-state index contributed by atoms with van der Waals surface area (Å²) in [4.78, 5) is 0. The van der Waals surface area contributed by atoms with Gasteiger partial charge in [0.15, 0.2) is 0 Å². The van der Waals surface area contributed by atoms with Crippen molar-refractivity contribution in [2.24, 2.45) is 0 Å². The second-order valence-electron chi connectivity index (χ2n) is 4.16. The summed E-state index contributed by atoms with van der Waals surface area (Å²) < 4.78 is 26.8. The average molecular weight is 243 g/mol. The topological polar surface area (TPSA) is 32.3 Å². The second kappa shape index (κ2) is 6.67. The molecule has 1 aromatic carbocycles. The van der Waals surface area contributed by atoms with Crippen molar-refractivity contribution in [2.45, 2.75) is 38.8 Å². The Morgan fingerprint density at radius 1 is 1.29 bits per heavy atom. The van der Waals surface area contributed by atoms with E-state index in [-0.39, 0.29) is 11.7 Å². The summed E-state index contributed by atoms with van der Waals surface area (Å²) in [5.41, 5.74) is 0.0542. The van der Waals surface area contributed by atoms with Crippen LogP contribution in [0.4, 0.5) is 8.78 Å². The van der Waals surface area contributed by atoms with Crippen LogP contribution in [0.3, 0.4) is 0 Å². The van der Waals surface area contributed by atoms with Crippen LogP contribution in [0.5, 0.6) is 0 Å². The first kappa shape index (κ1) is 14.1. The van der Waals surface area contributed by atoms with E-state index in [9.17, 15) is 13.9 Å². The minimum atomic E-state index is -0.541. The molecule has 1 rings (SSSR count). The summed E-state index contributed by atoms with van der Waals surface area (Å²) in [6.45, 7) is 4.13. The molecule has 2 atom stereocenters. The number of benzene rings is 1. The van der Waals surface area contributed by atoms with Crippen LogP contribution >= 0.6 is 0 Å². The third-order valence-electron chi connectivity index (χ3n) is 2.83. The van der Waals surface area contributed by atoms with Crippen molar-refractivity contribution in [1.82, 2.24) is 5.32 Å². The number of hydrogen-bond acceptors (Lipinski definition) is 2. The van der Waals surface area contributed by atoms with E-state index in [1.54, 1.807) is 6.92 Å². The predicted molar refractivity (Wildman–Crippen MR) is 63.7 cm³/mol. The maximum absolute atomic E-state index is 13.4. The van der Waals surface area contributed by atoms with E-state index in [1.165, 1.54) is 18.2 Å². The SMILES string of the molecule is CCC(O)CCNC(C)c1c(F)cccc1F. The maximum Gasteiger partial charge on any atom is 0.130 e. The molecule has 2 unspecified atom stereocenters. The molecule has 0 bridgehead atoms. The Bertz CT molecular complexity index is 337. The van der Waals surface area contributed by atoms with Crippen LogP contribution in [-0.4, -0.2) is 17.8 Å². The quantitative estimate of drug-likeness (QED) is 0.805. The largest absolute Gasteiger partial charge is 0.393 e. The van der Waals surface area contributed by atoms with Gasteiger partial charge in [0.2, 0.25) is 0 Å². The minimum absolute atomic E-state index is 0.0542. The molecular weight excluding hydrogens is 224 g/mol. The molecular formula is C13H19F2NO. The van der Waals surface area contributed by atoms with Crippen molar-refractivity contribution in [3.05, 3.63) is 35.4 Å². The van der Waals surface area contributed by atoms with Gasteiger partial charge >= 0.3 is 0 Å². The van der Waals surface area contributed by atoms with Gasteiger partial charge in [0, 0.05) is 11.6 Å². The molecule has 2 N–H and O–H groups in total. The summed E-state index contributed by atoms with van der Waals surface area (Å²) in [6.07, 6.45) is 0.904. The first-order valence-electron chi connectivity index (χ1n) is 5.91. The smallest absolute Gasteiger partial charge is 0.130 e. The molecule has 0 saturated carbocycles. The fourth-order valence-corrected chi connectivity index (χ4v) is 1.70. The van der Waals surface area contributed by atoms with Crippen molar-refractivity contribution in [3.8, 4) is 0 Å². The van der Waals surface area contributed by atoms with Crippen molar-refractivity contribution >= 4 is 0 Å². The Balaban J connectivity index is 2.55. The monoisotopic (exact) mass is 243 g/mol. The van der Waals surface area contributed by atoms with E-state index in [4.69, 9.17) is 0 Å². The Hall–Kier alpha value is -1.00. The predicted octanol–water partition coefficient (Wildman–Crippen LogP) is 2.78. The first-order chi connectivity index (χ1) is 8.06. The molecule has 0 radical (unpaired) electrons. The van der Waals surface area contributed by atoms with Gasteiger partial charge in [-0.25, -0.2) is 8.78 Å². The molecule has 0 saturated heterocycles. The van der Waals surface area contributed by atoms with Crippen LogP contribution in [0.15, 0.2) is 18.2 Å². The van der Waals surface area contributed by atoms with Gasteiger partial charge in [-0.1, -0.05) is 13.0 Å². The number of aliphatic hydroxyl groups is 1. The lowest BCUT2D eigenvalue weighted by Gasteiger charge is -2.16. The molecule has 0 aliphatic heterocycles. The summed E-state index contributed by atoms with van der Waals surface area (Å²) in [5, 5.41) is 12.4. The molecule has 0 aromatic heterocycles. The highest BCUT2D eigenvalue weighted by atomic mass is 19.1. The van der Waals surface area contributed by atoms with E-state index in [0.29, 0.717) is 19.4 Å². The lowest BCUT2D eigenvalue weighted by atomic mass is 10.1. The molecule has 4 heteroatoms. The number of nitrogens with one attached hydrogen (secondary N) is 1. The Kier molecular flexibility index (Phi) is 5.51. The van der Waals surface area contributed by atoms with E-state index in [2.05, 4.69) is 5.32 Å². The molecule has 0 heterocycles. The van der Waals surface area contributed by atoms with Gasteiger partial charge < -0.3 is 10.4 Å². The zero-order valence-electron chi connectivity index (χ0n) is 10.2. The molecule has 0 aliphatic rings. The van der Waals surface area contributed by atoms with Crippen molar-refractivity contribution in [3.63, 3.8) is 0 Å². The maximum atomic E-state index is 13.4. The molecule has 0 aliphatic carbocycles. The third kappa shape index (κ3) is 4.06. The van der Waals surface area contributed by atoms with Crippen molar-refractivity contribution in [1.29, 1.82) is 0 Å². The first-order valence-corrected chi connectivity index (χ1v) is 5.91. The van der Waals surface area contributed by atoms with Crippen LogP contribution in [0.25, 0.3) is 0 Å². The van der Waals surface area contributed by atoms with Gasteiger partial charge in [0.1, 0.15) is 11.6 Å². The highest BCUT2D eigenvalue weighted by Crippen LogP contribution is 2.20. The Morgan fingerprint density at radius 2 is 1.88 bits per heavy atom. The second-order valence-corrected chi connectivity index (χ2v) is 4.16. The highest BCUT2D eigenvalue weighted by Gasteiger charge is 2.15. The van der Waals surface area contributed by atoms with Crippen LogP contribution in [0, 0.1) is 11.6 Å². The Morgan fingerprint density at radius 3 is 2.41 bits per heavy atom. The van der Waals surface area contributed by atoms with E-state index in [1.807, 2.05) is 6.92 Å². The van der Waals surface area contributed by atoms with Gasteiger partial charge in [-0.05, 0) is 38.4 Å². The van der Waals surface area contributed by atoms with Gasteiger partial charge in [-0.2, -0.15) is 0 Å². The fraction of sp³-hybridized carbons (Fsp3) is 0.538. The molecule has 0 fully saturated rings. The van der Waals surface area contributed by atoms with Crippen LogP contribution in [-0.2, 0) is 0 Å². The number of aliphatic hydroxyl groups excluding tert-OH is 1. The van der Waals surface area contributed by atoms with Crippen LogP contribution in [0.1, 0.15) is 38.3 Å². The van der Waals surface area contributed by atoms with Gasteiger partial charge in [-0.15, -0.1) is 0 Å². The van der Waals surface area contributed by atoms with E-state index < -0.39 is 17.7 Å². The van der Waals surface area contributed by atoms with Gasteiger partial charge in [-0.3, -0.25) is 0 Å². The summed E-state index contributed by atoms with van der Waals surface area (Å²) >= 11 is 0. The molecule has 17 heavy (non-hydrogen) atoms. The third-order valence-corrected chi connectivity index (χ3v) is 2.83. The molecule has 0 amide bonds. The molecule has 1 aromatic rings. The minimum Gasteiger partial charge on any atom is -0.393 e. The van der Waals surface area contributed by atoms with Crippen LogP contribution in [0.2, 0.25) is 0 Å². The van der Waals surface area contributed by atoms with E-state index >= 15 is 0 Å². The molecule has 96 valence electrons. The van der Waals surface area contributed by atoms with Crippen molar-refractivity contribution < 1.29 is 13.9 Å². The van der Waals surface area contributed by atoms with Gasteiger partial charge in [0.25, 0.3) is 0 Å². The molecule has 2 nitrogen and oxygen atoms in total. The highest BCUT2D eigenvalue weighted by molar-refractivity contribution is 5.22. The number of rotatable bonds is 6. The van der Waals surface area contributed by atoms with Crippen molar-refractivity contribution in [2.75, 3.05) is 6.54 Å².